The van der Waals surface area contributed by atoms with Gasteiger partial charge in [-0.05, 0) is 54.8 Å². The van der Waals surface area contributed by atoms with Crippen LogP contribution in [0.1, 0.15) is 27.0 Å². The second-order valence-electron chi connectivity index (χ2n) is 7.46. The van der Waals surface area contributed by atoms with E-state index < -0.39 is 11.5 Å². The SMILES string of the molecule is Cc1ccc(CN2CCc3cc(OC4C(Cl)=CC(N)=CC4Cl)ccc3C2=O)cc1. The summed E-state index contributed by atoms with van der Waals surface area (Å²) in [5, 5.41) is 0.0123. The van der Waals surface area contributed by atoms with Gasteiger partial charge in [-0.1, -0.05) is 41.4 Å². The predicted octanol–water partition coefficient (Wildman–Crippen LogP) is 4.53. The molecular formula is C23H22Cl2N2O2. The van der Waals surface area contributed by atoms with Gasteiger partial charge in [0, 0.05) is 24.4 Å². The monoisotopic (exact) mass is 428 g/mol. The molecule has 2 aliphatic rings. The molecule has 29 heavy (non-hydrogen) atoms. The second-order valence-corrected chi connectivity index (χ2v) is 8.40. The summed E-state index contributed by atoms with van der Waals surface area (Å²) in [6.45, 7) is 3.34. The highest BCUT2D eigenvalue weighted by Crippen LogP contribution is 2.30. The van der Waals surface area contributed by atoms with Gasteiger partial charge >= 0.3 is 0 Å². The zero-order valence-corrected chi connectivity index (χ0v) is 17.6. The van der Waals surface area contributed by atoms with Gasteiger partial charge in [0.1, 0.15) is 5.75 Å². The smallest absolute Gasteiger partial charge is 0.254 e. The van der Waals surface area contributed by atoms with E-state index in [0.717, 1.165) is 17.5 Å². The summed E-state index contributed by atoms with van der Waals surface area (Å²) in [5.74, 6) is 0.680. The molecule has 2 unspecified atom stereocenters. The van der Waals surface area contributed by atoms with Crippen molar-refractivity contribution in [3.05, 3.63) is 87.6 Å². The molecule has 0 saturated heterocycles. The molecule has 6 heteroatoms. The molecule has 1 aliphatic heterocycles. The first-order valence-corrected chi connectivity index (χ1v) is 10.3. The maximum Gasteiger partial charge on any atom is 0.254 e. The van der Waals surface area contributed by atoms with Gasteiger partial charge in [0.2, 0.25) is 0 Å². The van der Waals surface area contributed by atoms with Gasteiger partial charge < -0.3 is 15.4 Å². The van der Waals surface area contributed by atoms with E-state index in [-0.39, 0.29) is 5.91 Å². The van der Waals surface area contributed by atoms with E-state index in [1.54, 1.807) is 18.2 Å². The summed E-state index contributed by atoms with van der Waals surface area (Å²) >= 11 is 12.6. The molecule has 4 nitrogen and oxygen atoms in total. The Labute approximate surface area is 180 Å². The molecule has 4 rings (SSSR count). The van der Waals surface area contributed by atoms with Crippen LogP contribution in [0, 0.1) is 6.92 Å². The summed E-state index contributed by atoms with van der Waals surface area (Å²) in [6, 6.07) is 13.8. The molecule has 0 saturated carbocycles. The Morgan fingerprint density at radius 2 is 1.97 bits per heavy atom. The number of benzene rings is 2. The van der Waals surface area contributed by atoms with Crippen LogP contribution in [-0.4, -0.2) is 28.8 Å². The van der Waals surface area contributed by atoms with Gasteiger partial charge in [-0.15, -0.1) is 11.6 Å². The molecule has 0 aromatic heterocycles. The lowest BCUT2D eigenvalue weighted by Gasteiger charge is -2.30. The molecule has 0 fully saturated rings. The number of nitrogens with two attached hydrogens (primary N) is 1. The van der Waals surface area contributed by atoms with Gasteiger partial charge in [-0.25, -0.2) is 0 Å². The van der Waals surface area contributed by atoms with E-state index in [1.807, 2.05) is 17.0 Å². The van der Waals surface area contributed by atoms with Gasteiger partial charge in [-0.2, -0.15) is 0 Å². The molecule has 2 N–H and O–H groups in total. The van der Waals surface area contributed by atoms with Crippen LogP contribution in [0.25, 0.3) is 0 Å². The van der Waals surface area contributed by atoms with Crippen LogP contribution >= 0.6 is 23.2 Å². The fourth-order valence-electron chi connectivity index (χ4n) is 3.63. The van der Waals surface area contributed by atoms with Gasteiger partial charge in [0.05, 0.1) is 10.4 Å². The van der Waals surface area contributed by atoms with Crippen molar-refractivity contribution in [3.8, 4) is 5.75 Å². The molecule has 2 aromatic rings. The minimum Gasteiger partial charge on any atom is -0.483 e. The maximum absolute atomic E-state index is 12.9. The summed E-state index contributed by atoms with van der Waals surface area (Å²) in [5.41, 5.74) is 10.3. The number of fused-ring (bicyclic) bond motifs is 1. The Kier molecular flexibility index (Phi) is 5.57. The normalized spacial score (nSPS) is 21.3. The Bertz CT molecular complexity index is 998. The van der Waals surface area contributed by atoms with E-state index in [4.69, 9.17) is 33.7 Å². The quantitative estimate of drug-likeness (QED) is 0.727. The van der Waals surface area contributed by atoms with Crippen molar-refractivity contribution in [1.29, 1.82) is 0 Å². The number of aryl methyl sites for hydroxylation is 1. The number of hydrogen-bond donors (Lipinski definition) is 1. The van der Waals surface area contributed by atoms with Crippen molar-refractivity contribution in [3.63, 3.8) is 0 Å². The third-order valence-electron chi connectivity index (χ3n) is 5.22. The summed E-state index contributed by atoms with van der Waals surface area (Å²) in [7, 11) is 0. The fourth-order valence-corrected chi connectivity index (χ4v) is 4.34. The van der Waals surface area contributed by atoms with Gasteiger partial charge in [0.25, 0.3) is 5.91 Å². The zero-order chi connectivity index (χ0) is 20.5. The highest BCUT2D eigenvalue weighted by molar-refractivity contribution is 6.32. The van der Waals surface area contributed by atoms with Crippen LogP contribution in [0.3, 0.4) is 0 Å². The number of carbonyl (C=O) groups excluding carboxylic acids is 1. The lowest BCUT2D eigenvalue weighted by atomic mass is 9.98. The van der Waals surface area contributed by atoms with Crippen LogP contribution < -0.4 is 10.5 Å². The van der Waals surface area contributed by atoms with E-state index in [0.29, 0.717) is 35.1 Å². The van der Waals surface area contributed by atoms with Crippen LogP contribution in [0.5, 0.6) is 5.75 Å². The highest BCUT2D eigenvalue weighted by atomic mass is 35.5. The minimum atomic E-state index is -0.499. The molecule has 0 spiro atoms. The van der Waals surface area contributed by atoms with E-state index >= 15 is 0 Å². The topological polar surface area (TPSA) is 55.6 Å². The Morgan fingerprint density at radius 3 is 2.69 bits per heavy atom. The average molecular weight is 429 g/mol. The second kappa shape index (κ2) is 8.13. The van der Waals surface area contributed by atoms with Crippen molar-refractivity contribution in [2.45, 2.75) is 31.4 Å². The lowest BCUT2D eigenvalue weighted by Crippen LogP contribution is -2.37. The molecule has 0 bridgehead atoms. The Balaban J connectivity index is 1.48. The van der Waals surface area contributed by atoms with Crippen molar-refractivity contribution in [2.24, 2.45) is 5.73 Å². The predicted molar refractivity (Wildman–Crippen MR) is 116 cm³/mol. The standard InChI is InChI=1S/C23H22Cl2N2O2/c1-14-2-4-15(5-3-14)13-27-9-8-16-10-18(6-7-19(16)23(27)28)29-22-20(24)11-17(26)12-21(22)25/h2-7,10-12,20,22H,8-9,13,26H2,1H3. The summed E-state index contributed by atoms with van der Waals surface area (Å²) in [4.78, 5) is 14.8. The molecule has 1 heterocycles. The van der Waals surface area contributed by atoms with Crippen molar-refractivity contribution < 1.29 is 9.53 Å². The number of carbonyl (C=O) groups is 1. The fraction of sp³-hybridized carbons (Fsp3) is 0.261. The number of ether oxygens (including phenoxy) is 1. The molecule has 2 aromatic carbocycles. The summed E-state index contributed by atoms with van der Waals surface area (Å²) < 4.78 is 6.01. The molecule has 1 aliphatic carbocycles. The Morgan fingerprint density at radius 1 is 1.21 bits per heavy atom. The average Bonchev–Trinajstić information content (AvgIpc) is 2.68. The van der Waals surface area contributed by atoms with Crippen molar-refractivity contribution >= 4 is 29.1 Å². The van der Waals surface area contributed by atoms with Crippen LogP contribution in [0.15, 0.2) is 65.3 Å². The molecule has 1 amide bonds. The number of amides is 1. The van der Waals surface area contributed by atoms with Crippen LogP contribution in [0.2, 0.25) is 0 Å². The summed E-state index contributed by atoms with van der Waals surface area (Å²) in [6.07, 6.45) is 3.63. The molecule has 0 radical (unpaired) electrons. The van der Waals surface area contributed by atoms with E-state index in [9.17, 15) is 4.79 Å². The first-order chi connectivity index (χ1) is 13.9. The van der Waals surface area contributed by atoms with Crippen LogP contribution in [-0.2, 0) is 13.0 Å². The molecule has 150 valence electrons. The van der Waals surface area contributed by atoms with Gasteiger partial charge in [-0.3, -0.25) is 4.79 Å². The molecular weight excluding hydrogens is 407 g/mol. The maximum atomic E-state index is 12.9. The third kappa shape index (κ3) is 4.29. The molecule has 2 atom stereocenters. The van der Waals surface area contributed by atoms with Crippen molar-refractivity contribution in [1.82, 2.24) is 4.90 Å². The highest BCUT2D eigenvalue weighted by Gasteiger charge is 2.28. The first-order valence-electron chi connectivity index (χ1n) is 9.53. The van der Waals surface area contributed by atoms with Gasteiger partial charge in [0.15, 0.2) is 6.10 Å². The Hall–Kier alpha value is -2.43. The number of halogens is 2. The van der Waals surface area contributed by atoms with E-state index in [2.05, 4.69) is 31.2 Å². The zero-order valence-electron chi connectivity index (χ0n) is 16.1. The number of alkyl halides is 1. The first kappa shape index (κ1) is 19.9. The number of allylic oxidation sites excluding steroid dienone is 1. The number of hydrogen-bond acceptors (Lipinski definition) is 3. The number of rotatable bonds is 4. The minimum absolute atomic E-state index is 0.0416. The van der Waals surface area contributed by atoms with Crippen molar-refractivity contribution in [2.75, 3.05) is 6.54 Å². The third-order valence-corrected chi connectivity index (χ3v) is 5.90. The lowest BCUT2D eigenvalue weighted by molar-refractivity contribution is 0.0727. The van der Waals surface area contributed by atoms with E-state index in [1.165, 1.54) is 5.56 Å². The largest absolute Gasteiger partial charge is 0.483 e. The number of nitrogens with zero attached hydrogens (tertiary/aromatic N) is 1. The van der Waals surface area contributed by atoms with Crippen LogP contribution in [0.4, 0.5) is 0 Å².